The highest BCUT2D eigenvalue weighted by molar-refractivity contribution is 7.98. The van der Waals surface area contributed by atoms with Crippen molar-refractivity contribution < 1.29 is 9.13 Å². The average molecular weight is 480 g/mol. The Morgan fingerprint density at radius 3 is 2.73 bits per heavy atom. The highest BCUT2D eigenvalue weighted by Gasteiger charge is 2.19. The Balaban J connectivity index is 1.52. The van der Waals surface area contributed by atoms with E-state index in [1.165, 1.54) is 39.6 Å². The van der Waals surface area contributed by atoms with Crippen LogP contribution in [0.1, 0.15) is 12.6 Å². The fourth-order valence-corrected chi connectivity index (χ4v) is 4.94. The smallest absolute Gasteiger partial charge is 0.258 e. The van der Waals surface area contributed by atoms with E-state index < -0.39 is 0 Å². The van der Waals surface area contributed by atoms with E-state index >= 15 is 0 Å². The van der Waals surface area contributed by atoms with Gasteiger partial charge >= 0.3 is 0 Å². The molecule has 10 heteroatoms. The predicted molar refractivity (Wildman–Crippen MR) is 127 cm³/mol. The SMILES string of the molecule is CCOc1ccc(-c2nnc(SCc3cc(=O)n4ccsc4n3)n2-c2ccccc2F)cc1. The first kappa shape index (κ1) is 21.4. The van der Waals surface area contributed by atoms with Crippen molar-refractivity contribution in [2.75, 3.05) is 6.61 Å². The summed E-state index contributed by atoms with van der Waals surface area (Å²) in [7, 11) is 0. The molecule has 5 rings (SSSR count). The minimum atomic E-state index is -0.386. The summed E-state index contributed by atoms with van der Waals surface area (Å²) in [6, 6.07) is 15.4. The monoisotopic (exact) mass is 479 g/mol. The Hall–Kier alpha value is -3.50. The Morgan fingerprint density at radius 2 is 1.94 bits per heavy atom. The largest absolute Gasteiger partial charge is 0.494 e. The number of nitrogens with zero attached hydrogens (tertiary/aromatic N) is 5. The van der Waals surface area contributed by atoms with Crippen LogP contribution in [0.3, 0.4) is 0 Å². The maximum atomic E-state index is 14.8. The minimum Gasteiger partial charge on any atom is -0.494 e. The molecular weight excluding hydrogens is 461 g/mol. The lowest BCUT2D eigenvalue weighted by Gasteiger charge is -2.11. The Morgan fingerprint density at radius 1 is 1.12 bits per heavy atom. The quantitative estimate of drug-likeness (QED) is 0.311. The molecule has 7 nitrogen and oxygen atoms in total. The van der Waals surface area contributed by atoms with Crippen molar-refractivity contribution in [1.82, 2.24) is 24.1 Å². The lowest BCUT2D eigenvalue weighted by Crippen LogP contribution is -2.12. The molecule has 33 heavy (non-hydrogen) atoms. The van der Waals surface area contributed by atoms with Gasteiger partial charge in [0.05, 0.1) is 18.0 Å². The first-order chi connectivity index (χ1) is 16.1. The van der Waals surface area contributed by atoms with E-state index in [9.17, 15) is 9.18 Å². The highest BCUT2D eigenvalue weighted by Crippen LogP contribution is 2.31. The minimum absolute atomic E-state index is 0.137. The summed E-state index contributed by atoms with van der Waals surface area (Å²) >= 11 is 2.74. The van der Waals surface area contributed by atoms with E-state index in [0.717, 1.165) is 11.3 Å². The van der Waals surface area contributed by atoms with Gasteiger partial charge in [0.25, 0.3) is 5.56 Å². The van der Waals surface area contributed by atoms with Gasteiger partial charge in [-0.3, -0.25) is 13.8 Å². The second-order valence-corrected chi connectivity index (χ2v) is 8.80. The van der Waals surface area contributed by atoms with Crippen molar-refractivity contribution >= 4 is 28.1 Å². The maximum Gasteiger partial charge on any atom is 0.258 e. The molecule has 166 valence electrons. The van der Waals surface area contributed by atoms with Gasteiger partial charge < -0.3 is 4.74 Å². The standard InChI is InChI=1S/C23H18FN5O2S2/c1-2-31-17-9-7-15(8-10-17)21-26-27-23(29(21)19-6-4-3-5-18(19)24)33-14-16-13-20(30)28-11-12-32-22(28)25-16/h3-13H,2,14H2,1H3. The molecule has 0 radical (unpaired) electrons. The van der Waals surface area contributed by atoms with E-state index in [0.29, 0.717) is 39.7 Å². The molecule has 0 bridgehead atoms. The molecule has 0 fully saturated rings. The number of thioether (sulfide) groups is 1. The molecule has 0 aliphatic carbocycles. The first-order valence-corrected chi connectivity index (χ1v) is 12.0. The zero-order chi connectivity index (χ0) is 22.8. The third-order valence-corrected chi connectivity index (χ3v) is 6.57. The van der Waals surface area contributed by atoms with Crippen molar-refractivity contribution in [3.8, 4) is 22.8 Å². The molecule has 0 spiro atoms. The van der Waals surface area contributed by atoms with Crippen LogP contribution >= 0.6 is 23.1 Å². The summed E-state index contributed by atoms with van der Waals surface area (Å²) in [5.74, 6) is 1.25. The van der Waals surface area contributed by atoms with Gasteiger partial charge in [-0.1, -0.05) is 23.9 Å². The highest BCUT2D eigenvalue weighted by atomic mass is 32.2. The first-order valence-electron chi connectivity index (χ1n) is 10.2. The zero-order valence-corrected chi connectivity index (χ0v) is 19.1. The van der Waals surface area contributed by atoms with Crippen LogP contribution in [0.5, 0.6) is 5.75 Å². The molecule has 0 N–H and O–H groups in total. The molecule has 0 aliphatic heterocycles. The molecule has 3 aromatic heterocycles. The summed E-state index contributed by atoms with van der Waals surface area (Å²) in [4.78, 5) is 17.5. The van der Waals surface area contributed by atoms with Crippen LogP contribution in [0.25, 0.3) is 22.0 Å². The van der Waals surface area contributed by atoms with Gasteiger partial charge in [-0.2, -0.15) is 0 Å². The molecule has 0 unspecified atom stereocenters. The number of thiazole rings is 1. The second kappa shape index (κ2) is 9.16. The fourth-order valence-electron chi connectivity index (χ4n) is 3.37. The maximum absolute atomic E-state index is 14.8. The third-order valence-electron chi connectivity index (χ3n) is 4.86. The molecule has 5 aromatic rings. The van der Waals surface area contributed by atoms with E-state index in [1.807, 2.05) is 36.6 Å². The number of benzene rings is 2. The van der Waals surface area contributed by atoms with Gasteiger partial charge in [0.1, 0.15) is 11.6 Å². The van der Waals surface area contributed by atoms with Crippen LogP contribution in [-0.4, -0.2) is 30.8 Å². The number of fused-ring (bicyclic) bond motifs is 1. The lowest BCUT2D eigenvalue weighted by molar-refractivity contribution is 0.340. The van der Waals surface area contributed by atoms with Gasteiger partial charge in [-0.05, 0) is 43.3 Å². The Bertz CT molecular complexity index is 1480. The average Bonchev–Trinajstić information content (AvgIpc) is 3.46. The Kier molecular flexibility index (Phi) is 5.93. The summed E-state index contributed by atoms with van der Waals surface area (Å²) < 4.78 is 23.5. The molecular formula is C23H18FN5O2S2. The zero-order valence-electron chi connectivity index (χ0n) is 17.5. The van der Waals surface area contributed by atoms with Crippen LogP contribution in [0.2, 0.25) is 0 Å². The lowest BCUT2D eigenvalue weighted by atomic mass is 10.2. The molecule has 3 heterocycles. The predicted octanol–water partition coefficient (Wildman–Crippen LogP) is 4.83. The molecule has 0 aliphatic rings. The number of hydrogen-bond acceptors (Lipinski definition) is 7. The van der Waals surface area contributed by atoms with Crippen LogP contribution in [0.4, 0.5) is 4.39 Å². The molecule has 0 saturated carbocycles. The molecule has 2 aromatic carbocycles. The van der Waals surface area contributed by atoms with Crippen molar-refractivity contribution in [1.29, 1.82) is 0 Å². The summed E-state index contributed by atoms with van der Waals surface area (Å²) in [5.41, 5.74) is 1.61. The van der Waals surface area contributed by atoms with Gasteiger partial charge in [0.15, 0.2) is 15.9 Å². The van der Waals surface area contributed by atoms with Crippen LogP contribution in [0.15, 0.2) is 76.1 Å². The molecule has 0 amide bonds. The van der Waals surface area contributed by atoms with Crippen LogP contribution in [0, 0.1) is 5.82 Å². The Labute approximate surface area is 196 Å². The topological polar surface area (TPSA) is 74.3 Å². The van der Waals surface area contributed by atoms with Gasteiger partial charge in [-0.25, -0.2) is 9.37 Å². The van der Waals surface area contributed by atoms with Gasteiger partial charge in [-0.15, -0.1) is 21.5 Å². The number of rotatable bonds is 7. The van der Waals surface area contributed by atoms with Crippen molar-refractivity contribution in [2.24, 2.45) is 0 Å². The molecule has 0 saturated heterocycles. The van der Waals surface area contributed by atoms with Gasteiger partial charge in [0.2, 0.25) is 0 Å². The second-order valence-electron chi connectivity index (χ2n) is 6.98. The summed E-state index contributed by atoms with van der Waals surface area (Å²) in [6.45, 7) is 2.49. The summed E-state index contributed by atoms with van der Waals surface area (Å²) in [5, 5.41) is 11.0. The number of halogens is 1. The van der Waals surface area contributed by atoms with Crippen molar-refractivity contribution in [3.63, 3.8) is 0 Å². The van der Waals surface area contributed by atoms with Gasteiger partial charge in [0, 0.05) is 29.0 Å². The van der Waals surface area contributed by atoms with Crippen molar-refractivity contribution in [3.05, 3.63) is 88.0 Å². The van der Waals surface area contributed by atoms with Crippen molar-refractivity contribution in [2.45, 2.75) is 17.8 Å². The van der Waals surface area contributed by atoms with E-state index in [4.69, 9.17) is 4.74 Å². The molecule has 0 atom stereocenters. The van der Waals surface area contributed by atoms with Crippen LogP contribution < -0.4 is 10.3 Å². The summed E-state index contributed by atoms with van der Waals surface area (Å²) in [6.07, 6.45) is 1.70. The third kappa shape index (κ3) is 4.27. The van der Waals surface area contributed by atoms with E-state index in [-0.39, 0.29) is 11.4 Å². The number of ether oxygens (including phenoxy) is 1. The van der Waals surface area contributed by atoms with E-state index in [1.54, 1.807) is 29.0 Å². The van der Waals surface area contributed by atoms with Crippen LogP contribution in [-0.2, 0) is 5.75 Å². The normalized spacial score (nSPS) is 11.2. The van der Waals surface area contributed by atoms with E-state index in [2.05, 4.69) is 15.2 Å². The number of para-hydroxylation sites is 1. The number of hydrogen-bond donors (Lipinski definition) is 0. The fraction of sp³-hybridized carbons (Fsp3) is 0.130. The number of aromatic nitrogens is 5.